The minimum absolute atomic E-state index is 0.294. The maximum atomic E-state index is 3.98. The van der Waals surface area contributed by atoms with Gasteiger partial charge in [0.15, 0.2) is 0 Å². The Labute approximate surface area is 243 Å². The summed E-state index contributed by atoms with van der Waals surface area (Å²) >= 11 is 7.95. The van der Waals surface area contributed by atoms with E-state index in [0.717, 1.165) is 23.7 Å². The van der Waals surface area contributed by atoms with Crippen molar-refractivity contribution < 1.29 is 0 Å². The summed E-state index contributed by atoms with van der Waals surface area (Å²) in [7, 11) is 0. The molecule has 0 aliphatic heterocycles. The molecule has 3 saturated carbocycles. The zero-order chi connectivity index (χ0) is 26.0. The van der Waals surface area contributed by atoms with Crippen molar-refractivity contribution in [3.8, 4) is 11.1 Å². The monoisotopic (exact) mass is 624 g/mol. The number of hydrogen-bond donors (Lipinski definition) is 0. The first-order valence-electron chi connectivity index (χ1n) is 15.6. The molecule has 0 spiro atoms. The first-order valence-corrected chi connectivity index (χ1v) is 17.2. The number of benzene rings is 2. The average molecular weight is 627 g/mol. The summed E-state index contributed by atoms with van der Waals surface area (Å²) < 4.78 is 2.56. The summed E-state index contributed by atoms with van der Waals surface area (Å²) in [5.41, 5.74) is 7.65. The fourth-order valence-electron chi connectivity index (χ4n) is 11.5. The molecule has 4 bridgehead atoms. The van der Waals surface area contributed by atoms with Crippen molar-refractivity contribution in [3.63, 3.8) is 0 Å². The standard InChI is InChI=1S/C35H46Br2/c1-5-9-11-23-19-31-33(17-7-3,18-8-4)32-20-24(12-10-6-2)35(31)30-22-26(37)14-16-28(30)27-15-13-25(36)21-29(27)34(23,32)35/h13-16,21-24,31-32H,5-12,17-20H2,1-4H3/t23?,24?,31?,32?,34-,35-/m0/s1. The molecule has 2 heteroatoms. The van der Waals surface area contributed by atoms with Crippen LogP contribution in [-0.4, -0.2) is 0 Å². The summed E-state index contributed by atoms with van der Waals surface area (Å²) in [6, 6.07) is 14.8. The van der Waals surface area contributed by atoms with Crippen LogP contribution in [0.1, 0.15) is 116 Å². The molecule has 2 aromatic carbocycles. The van der Waals surface area contributed by atoms with E-state index in [1.54, 1.807) is 22.3 Å². The first kappa shape index (κ1) is 26.6. The van der Waals surface area contributed by atoms with Gasteiger partial charge in [0.05, 0.1) is 0 Å². The molecule has 4 unspecified atom stereocenters. The van der Waals surface area contributed by atoms with E-state index in [-0.39, 0.29) is 0 Å². The molecule has 0 aromatic heterocycles. The van der Waals surface area contributed by atoms with Crippen LogP contribution in [0.25, 0.3) is 11.1 Å². The number of halogens is 2. The molecule has 4 aliphatic rings. The summed E-state index contributed by atoms with van der Waals surface area (Å²) in [5, 5.41) is 0. The topological polar surface area (TPSA) is 0 Å². The van der Waals surface area contributed by atoms with Crippen LogP contribution in [0.15, 0.2) is 45.3 Å². The van der Waals surface area contributed by atoms with Gasteiger partial charge < -0.3 is 0 Å². The predicted molar refractivity (Wildman–Crippen MR) is 165 cm³/mol. The van der Waals surface area contributed by atoms with Crippen LogP contribution in [0.5, 0.6) is 0 Å². The van der Waals surface area contributed by atoms with Gasteiger partial charge in [0.2, 0.25) is 0 Å². The normalized spacial score (nSPS) is 33.9. The molecule has 200 valence electrons. The maximum Gasteiger partial charge on any atom is 0.0178 e. The van der Waals surface area contributed by atoms with E-state index in [1.165, 1.54) is 86.0 Å². The zero-order valence-corrected chi connectivity index (χ0v) is 26.7. The van der Waals surface area contributed by atoms with E-state index < -0.39 is 0 Å². The van der Waals surface area contributed by atoms with Gasteiger partial charge in [-0.2, -0.15) is 0 Å². The Balaban J connectivity index is 1.73. The van der Waals surface area contributed by atoms with E-state index in [0.29, 0.717) is 16.2 Å². The molecule has 3 fully saturated rings. The van der Waals surface area contributed by atoms with E-state index in [9.17, 15) is 0 Å². The molecule has 0 saturated heterocycles. The fraction of sp³-hybridized carbons (Fsp3) is 0.657. The highest BCUT2D eigenvalue weighted by Crippen LogP contribution is 2.89. The highest BCUT2D eigenvalue weighted by Gasteiger charge is 2.86. The van der Waals surface area contributed by atoms with Crippen LogP contribution in [0, 0.1) is 29.1 Å². The van der Waals surface area contributed by atoms with E-state index in [1.807, 2.05) is 0 Å². The lowest BCUT2D eigenvalue weighted by atomic mass is 9.50. The minimum Gasteiger partial charge on any atom is -0.0654 e. The van der Waals surface area contributed by atoms with Crippen LogP contribution >= 0.6 is 31.9 Å². The van der Waals surface area contributed by atoms with Crippen LogP contribution in [-0.2, 0) is 10.8 Å². The Morgan fingerprint density at radius 2 is 1.08 bits per heavy atom. The second-order valence-electron chi connectivity index (χ2n) is 13.1. The second kappa shape index (κ2) is 9.79. The van der Waals surface area contributed by atoms with Gasteiger partial charge in [-0.3, -0.25) is 0 Å². The fourth-order valence-corrected chi connectivity index (χ4v) is 12.3. The van der Waals surface area contributed by atoms with E-state index >= 15 is 0 Å². The Morgan fingerprint density at radius 1 is 0.649 bits per heavy atom. The van der Waals surface area contributed by atoms with Crippen LogP contribution in [0.4, 0.5) is 0 Å². The first-order chi connectivity index (χ1) is 18.0. The lowest BCUT2D eigenvalue weighted by Crippen LogP contribution is -2.51. The zero-order valence-electron chi connectivity index (χ0n) is 23.5. The lowest BCUT2D eigenvalue weighted by molar-refractivity contribution is -0.0158. The third kappa shape index (κ3) is 3.24. The van der Waals surface area contributed by atoms with Crippen molar-refractivity contribution in [2.75, 3.05) is 0 Å². The van der Waals surface area contributed by atoms with Gasteiger partial charge in [-0.25, -0.2) is 0 Å². The third-order valence-electron chi connectivity index (χ3n) is 11.9. The van der Waals surface area contributed by atoms with Gasteiger partial charge in [0, 0.05) is 19.8 Å². The summed E-state index contributed by atoms with van der Waals surface area (Å²) in [6.07, 6.45) is 16.6. The van der Waals surface area contributed by atoms with Crippen molar-refractivity contribution in [2.24, 2.45) is 29.1 Å². The van der Waals surface area contributed by atoms with E-state index in [2.05, 4.69) is 96.0 Å². The van der Waals surface area contributed by atoms with Gasteiger partial charge in [0.1, 0.15) is 0 Å². The van der Waals surface area contributed by atoms with Gasteiger partial charge in [-0.15, -0.1) is 0 Å². The van der Waals surface area contributed by atoms with Gasteiger partial charge in [-0.1, -0.05) is 110 Å². The van der Waals surface area contributed by atoms with Gasteiger partial charge >= 0.3 is 0 Å². The third-order valence-corrected chi connectivity index (χ3v) is 12.9. The smallest absolute Gasteiger partial charge is 0.0178 e. The molecule has 0 heterocycles. The molecular weight excluding hydrogens is 580 g/mol. The Bertz CT molecular complexity index is 1070. The Hall–Kier alpha value is -0.600. The van der Waals surface area contributed by atoms with E-state index in [4.69, 9.17) is 0 Å². The highest BCUT2D eigenvalue weighted by molar-refractivity contribution is 9.10. The number of unbranched alkanes of at least 4 members (excludes halogenated alkanes) is 2. The van der Waals surface area contributed by atoms with Gasteiger partial charge in [-0.05, 0) is 114 Å². The average Bonchev–Trinajstić information content (AvgIpc) is 3.44. The van der Waals surface area contributed by atoms with Crippen LogP contribution in [0.3, 0.4) is 0 Å². The van der Waals surface area contributed by atoms with Crippen molar-refractivity contribution in [3.05, 3.63) is 56.5 Å². The molecule has 4 aliphatic carbocycles. The lowest BCUT2D eigenvalue weighted by Gasteiger charge is -2.52. The largest absolute Gasteiger partial charge is 0.0654 e. The molecule has 6 atom stereocenters. The number of rotatable bonds is 10. The molecule has 0 radical (unpaired) electrons. The molecule has 2 aromatic rings. The number of fused-ring (bicyclic) bond motifs is 3. The summed E-state index contributed by atoms with van der Waals surface area (Å²) in [6.45, 7) is 9.73. The maximum absolute atomic E-state index is 3.98. The van der Waals surface area contributed by atoms with Crippen LogP contribution in [0.2, 0.25) is 0 Å². The predicted octanol–water partition coefficient (Wildman–Crippen LogP) is 11.6. The minimum atomic E-state index is 0.294. The molecule has 0 nitrogen and oxygen atoms in total. The molecule has 6 rings (SSSR count). The van der Waals surface area contributed by atoms with Crippen molar-refractivity contribution in [2.45, 2.75) is 116 Å². The molecule has 0 amide bonds. The Kier molecular flexibility index (Phi) is 7.04. The molecule has 0 N–H and O–H groups in total. The summed E-state index contributed by atoms with van der Waals surface area (Å²) in [4.78, 5) is 0. The quantitative estimate of drug-likeness (QED) is 0.246. The van der Waals surface area contributed by atoms with Crippen molar-refractivity contribution >= 4 is 31.9 Å². The number of hydrogen-bond acceptors (Lipinski definition) is 0. The SMILES string of the molecule is CCCCC1CC2C(CCC)(CCC)C3CC(CCCC)[C@]24c2cc(Br)ccc2-c2ccc(Br)cc2[C@@]134. The molecular formula is C35H46Br2. The van der Waals surface area contributed by atoms with Crippen molar-refractivity contribution in [1.29, 1.82) is 0 Å². The second-order valence-corrected chi connectivity index (χ2v) is 14.9. The molecule has 37 heavy (non-hydrogen) atoms. The van der Waals surface area contributed by atoms with Crippen LogP contribution < -0.4 is 0 Å². The van der Waals surface area contributed by atoms with Gasteiger partial charge in [0.25, 0.3) is 0 Å². The summed E-state index contributed by atoms with van der Waals surface area (Å²) in [5.74, 6) is 3.28. The Morgan fingerprint density at radius 3 is 1.46 bits per heavy atom. The highest BCUT2D eigenvalue weighted by atomic mass is 79.9. The van der Waals surface area contributed by atoms with Crippen molar-refractivity contribution in [1.82, 2.24) is 0 Å².